The average Bonchev–Trinajstić information content (AvgIpc) is 2.27. The van der Waals surface area contributed by atoms with Gasteiger partial charge < -0.3 is 10.4 Å². The Morgan fingerprint density at radius 1 is 1.35 bits per heavy atom. The fourth-order valence-electron chi connectivity index (χ4n) is 1.29. The normalized spacial score (nSPS) is 14.9. The first-order chi connectivity index (χ1) is 7.99. The van der Waals surface area contributed by atoms with Crippen LogP contribution in [0.4, 0.5) is 4.39 Å². The highest BCUT2D eigenvalue weighted by atomic mass is 32.2. The van der Waals surface area contributed by atoms with Crippen LogP contribution in [0.1, 0.15) is 13.8 Å². The molecule has 0 heterocycles. The van der Waals surface area contributed by atoms with E-state index >= 15 is 0 Å². The van der Waals surface area contributed by atoms with Crippen LogP contribution >= 0.6 is 0 Å². The van der Waals surface area contributed by atoms with Gasteiger partial charge in [-0.05, 0) is 24.3 Å². The maximum Gasteiger partial charge on any atom is 0.123 e. The molecule has 1 aromatic carbocycles. The topological polar surface area (TPSA) is 49.3 Å². The van der Waals surface area contributed by atoms with Crippen molar-refractivity contribution in [1.29, 1.82) is 0 Å². The van der Waals surface area contributed by atoms with Gasteiger partial charge in [-0.25, -0.2) is 4.39 Å². The molecule has 0 aliphatic rings. The summed E-state index contributed by atoms with van der Waals surface area (Å²) in [5, 5.41) is 12.7. The Labute approximate surface area is 104 Å². The van der Waals surface area contributed by atoms with Crippen molar-refractivity contribution in [2.24, 2.45) is 0 Å². The second kappa shape index (κ2) is 6.83. The number of aliphatic hydroxyl groups is 1. The third kappa shape index (κ3) is 5.39. The molecule has 1 rings (SSSR count). The molecule has 0 aliphatic carbocycles. The van der Waals surface area contributed by atoms with E-state index in [0.29, 0.717) is 11.4 Å². The zero-order valence-corrected chi connectivity index (χ0v) is 10.8. The Kier molecular flexibility index (Phi) is 5.74. The standard InChI is InChI=1S/C12H18FNO2S/c1-9(2)14-7-11(15)8-17(16)12-5-3-10(13)4-6-12/h3-6,9,11,14-15H,7-8H2,1-2H3. The van der Waals surface area contributed by atoms with E-state index in [0.717, 1.165) is 0 Å². The van der Waals surface area contributed by atoms with E-state index in [9.17, 15) is 13.7 Å². The van der Waals surface area contributed by atoms with Crippen LogP contribution in [0.2, 0.25) is 0 Å². The predicted molar refractivity (Wildman–Crippen MR) is 66.8 cm³/mol. The maximum absolute atomic E-state index is 12.7. The summed E-state index contributed by atoms with van der Waals surface area (Å²) in [6, 6.07) is 5.78. The van der Waals surface area contributed by atoms with Crippen molar-refractivity contribution in [2.75, 3.05) is 12.3 Å². The van der Waals surface area contributed by atoms with Crippen molar-refractivity contribution in [3.8, 4) is 0 Å². The van der Waals surface area contributed by atoms with Crippen molar-refractivity contribution in [3.63, 3.8) is 0 Å². The van der Waals surface area contributed by atoms with Crippen LogP contribution in [0, 0.1) is 5.82 Å². The van der Waals surface area contributed by atoms with E-state index in [1.54, 1.807) is 0 Å². The van der Waals surface area contributed by atoms with Gasteiger partial charge in [0.2, 0.25) is 0 Å². The zero-order chi connectivity index (χ0) is 12.8. The van der Waals surface area contributed by atoms with Crippen LogP contribution in [0.3, 0.4) is 0 Å². The molecular weight excluding hydrogens is 241 g/mol. The zero-order valence-electron chi connectivity index (χ0n) is 10.0. The van der Waals surface area contributed by atoms with Gasteiger partial charge in [-0.3, -0.25) is 4.21 Å². The molecule has 0 amide bonds. The van der Waals surface area contributed by atoms with Gasteiger partial charge in [0, 0.05) is 17.5 Å². The molecule has 17 heavy (non-hydrogen) atoms. The molecule has 0 saturated carbocycles. The van der Waals surface area contributed by atoms with Crippen molar-refractivity contribution in [3.05, 3.63) is 30.1 Å². The van der Waals surface area contributed by atoms with E-state index < -0.39 is 16.9 Å². The Morgan fingerprint density at radius 2 is 1.94 bits per heavy atom. The SMILES string of the molecule is CC(C)NCC(O)CS(=O)c1ccc(F)cc1. The summed E-state index contributed by atoms with van der Waals surface area (Å²) < 4.78 is 24.5. The number of hydrogen-bond acceptors (Lipinski definition) is 3. The fraction of sp³-hybridized carbons (Fsp3) is 0.500. The van der Waals surface area contributed by atoms with Gasteiger partial charge in [-0.2, -0.15) is 0 Å². The van der Waals surface area contributed by atoms with Gasteiger partial charge in [0.05, 0.1) is 22.7 Å². The van der Waals surface area contributed by atoms with Gasteiger partial charge in [-0.1, -0.05) is 13.8 Å². The molecule has 0 spiro atoms. The minimum Gasteiger partial charge on any atom is -0.391 e. The van der Waals surface area contributed by atoms with Crippen molar-refractivity contribution >= 4 is 10.8 Å². The van der Waals surface area contributed by atoms with E-state index in [1.165, 1.54) is 24.3 Å². The molecule has 2 atom stereocenters. The Morgan fingerprint density at radius 3 is 2.47 bits per heavy atom. The maximum atomic E-state index is 12.7. The number of nitrogens with one attached hydrogen (secondary N) is 1. The first-order valence-corrected chi connectivity index (χ1v) is 6.86. The summed E-state index contributed by atoms with van der Waals surface area (Å²) in [6.45, 7) is 4.36. The summed E-state index contributed by atoms with van der Waals surface area (Å²) in [7, 11) is -1.29. The highest BCUT2D eigenvalue weighted by Crippen LogP contribution is 2.08. The van der Waals surface area contributed by atoms with Gasteiger partial charge in [0.15, 0.2) is 0 Å². The molecule has 0 bridgehead atoms. The summed E-state index contributed by atoms with van der Waals surface area (Å²) in [6.07, 6.45) is -0.664. The highest BCUT2D eigenvalue weighted by molar-refractivity contribution is 7.85. The molecule has 0 aliphatic heterocycles. The lowest BCUT2D eigenvalue weighted by Gasteiger charge is -2.13. The van der Waals surface area contributed by atoms with Crippen molar-refractivity contribution < 1.29 is 13.7 Å². The molecule has 96 valence electrons. The van der Waals surface area contributed by atoms with Crippen LogP contribution in [-0.4, -0.2) is 33.8 Å². The average molecular weight is 259 g/mol. The fourth-order valence-corrected chi connectivity index (χ4v) is 2.39. The predicted octanol–water partition coefficient (Wildman–Crippen LogP) is 1.29. The Balaban J connectivity index is 2.46. The van der Waals surface area contributed by atoms with Crippen LogP contribution < -0.4 is 5.32 Å². The minimum atomic E-state index is -1.29. The lowest BCUT2D eigenvalue weighted by Crippen LogP contribution is -2.34. The quantitative estimate of drug-likeness (QED) is 0.809. The van der Waals surface area contributed by atoms with Crippen LogP contribution in [0.5, 0.6) is 0 Å². The molecule has 0 saturated heterocycles. The molecule has 1 aromatic rings. The monoisotopic (exact) mass is 259 g/mol. The van der Waals surface area contributed by atoms with E-state index in [1.807, 2.05) is 13.8 Å². The third-order valence-corrected chi connectivity index (χ3v) is 3.67. The summed E-state index contributed by atoms with van der Waals surface area (Å²) in [4.78, 5) is 0.537. The van der Waals surface area contributed by atoms with Crippen LogP contribution in [0.25, 0.3) is 0 Å². The molecular formula is C12H18FNO2S. The second-order valence-electron chi connectivity index (χ2n) is 4.18. The lowest BCUT2D eigenvalue weighted by atomic mass is 10.3. The van der Waals surface area contributed by atoms with Crippen LogP contribution in [0.15, 0.2) is 29.2 Å². The molecule has 0 aromatic heterocycles. The number of rotatable bonds is 6. The first-order valence-electron chi connectivity index (χ1n) is 5.54. The van der Waals surface area contributed by atoms with Gasteiger partial charge in [-0.15, -0.1) is 0 Å². The second-order valence-corrected chi connectivity index (χ2v) is 5.68. The number of hydrogen-bond donors (Lipinski definition) is 2. The third-order valence-electron chi connectivity index (χ3n) is 2.18. The largest absolute Gasteiger partial charge is 0.391 e. The summed E-state index contributed by atoms with van der Waals surface area (Å²) in [5.74, 6) is -0.196. The highest BCUT2D eigenvalue weighted by Gasteiger charge is 2.11. The van der Waals surface area contributed by atoms with Crippen molar-refractivity contribution in [1.82, 2.24) is 5.32 Å². The summed E-state index contributed by atoms with van der Waals surface area (Å²) in [5.41, 5.74) is 0. The lowest BCUT2D eigenvalue weighted by molar-refractivity contribution is 0.191. The van der Waals surface area contributed by atoms with E-state index in [2.05, 4.69) is 5.32 Å². The molecule has 2 unspecified atom stereocenters. The van der Waals surface area contributed by atoms with E-state index in [4.69, 9.17) is 0 Å². The first kappa shape index (κ1) is 14.3. The Bertz CT molecular complexity index is 367. The number of aliphatic hydroxyl groups excluding tert-OH is 1. The molecule has 0 fully saturated rings. The molecule has 5 heteroatoms. The molecule has 0 radical (unpaired) electrons. The Hall–Kier alpha value is -0.780. The van der Waals surface area contributed by atoms with Crippen molar-refractivity contribution in [2.45, 2.75) is 30.9 Å². The number of halogens is 1. The van der Waals surface area contributed by atoms with Crippen LogP contribution in [-0.2, 0) is 10.8 Å². The van der Waals surface area contributed by atoms with E-state index in [-0.39, 0.29) is 17.6 Å². The smallest absolute Gasteiger partial charge is 0.123 e. The van der Waals surface area contributed by atoms with Gasteiger partial charge in [0.25, 0.3) is 0 Å². The van der Waals surface area contributed by atoms with Gasteiger partial charge in [0.1, 0.15) is 5.82 Å². The molecule has 2 N–H and O–H groups in total. The summed E-state index contributed by atoms with van der Waals surface area (Å²) >= 11 is 0. The van der Waals surface area contributed by atoms with Gasteiger partial charge >= 0.3 is 0 Å². The number of benzene rings is 1. The molecule has 3 nitrogen and oxygen atoms in total. The minimum absolute atomic E-state index is 0.158.